The summed E-state index contributed by atoms with van der Waals surface area (Å²) in [5.41, 5.74) is 1.12. The zero-order valence-corrected chi connectivity index (χ0v) is 11.0. The number of carbonyl (C=O) groups is 1. The van der Waals surface area contributed by atoms with Gasteiger partial charge in [0, 0.05) is 25.5 Å². The van der Waals surface area contributed by atoms with Gasteiger partial charge in [-0.2, -0.15) is 0 Å². The van der Waals surface area contributed by atoms with E-state index in [0.29, 0.717) is 6.54 Å². The standard InChI is InChI=1S/C12H17BrN2O/c1-15(9-5-8-13)12(16)14-10-11-6-3-2-4-7-11/h2-4,6-7H,5,8-10H2,1H3,(H,14,16). The van der Waals surface area contributed by atoms with Gasteiger partial charge in [-0.3, -0.25) is 0 Å². The van der Waals surface area contributed by atoms with Crippen molar-refractivity contribution in [1.82, 2.24) is 10.2 Å². The van der Waals surface area contributed by atoms with Crippen LogP contribution in [0.4, 0.5) is 4.79 Å². The summed E-state index contributed by atoms with van der Waals surface area (Å²) in [6, 6.07) is 9.88. The Bertz CT molecular complexity index is 316. The number of hydrogen-bond acceptors (Lipinski definition) is 1. The Morgan fingerprint density at radius 1 is 1.38 bits per heavy atom. The molecule has 3 nitrogen and oxygen atoms in total. The molecule has 0 radical (unpaired) electrons. The van der Waals surface area contributed by atoms with Gasteiger partial charge in [-0.25, -0.2) is 4.79 Å². The van der Waals surface area contributed by atoms with E-state index in [0.717, 1.165) is 23.9 Å². The summed E-state index contributed by atoms with van der Waals surface area (Å²) in [7, 11) is 1.81. The SMILES string of the molecule is CN(CCCBr)C(=O)NCc1ccccc1. The number of rotatable bonds is 5. The van der Waals surface area contributed by atoms with E-state index in [1.807, 2.05) is 37.4 Å². The first-order valence-corrected chi connectivity index (χ1v) is 6.45. The van der Waals surface area contributed by atoms with Crippen LogP contribution in [0.15, 0.2) is 30.3 Å². The summed E-state index contributed by atoms with van der Waals surface area (Å²) in [6.07, 6.45) is 0.968. The van der Waals surface area contributed by atoms with Crippen LogP contribution in [0.2, 0.25) is 0 Å². The van der Waals surface area contributed by atoms with Crippen LogP contribution in [0.25, 0.3) is 0 Å². The van der Waals surface area contributed by atoms with Gasteiger partial charge in [-0.1, -0.05) is 46.3 Å². The molecule has 0 aromatic heterocycles. The molecular formula is C12H17BrN2O. The maximum Gasteiger partial charge on any atom is 0.317 e. The first-order valence-electron chi connectivity index (χ1n) is 5.33. The molecule has 1 aromatic carbocycles. The molecule has 0 fully saturated rings. The number of alkyl halides is 1. The first-order chi connectivity index (χ1) is 7.74. The molecule has 0 saturated carbocycles. The smallest absolute Gasteiger partial charge is 0.317 e. The number of halogens is 1. The van der Waals surface area contributed by atoms with Crippen molar-refractivity contribution < 1.29 is 4.79 Å². The van der Waals surface area contributed by atoms with E-state index in [1.54, 1.807) is 4.90 Å². The van der Waals surface area contributed by atoms with Crippen molar-refractivity contribution in [3.63, 3.8) is 0 Å². The van der Waals surface area contributed by atoms with Gasteiger partial charge < -0.3 is 10.2 Å². The van der Waals surface area contributed by atoms with Gasteiger partial charge in [0.25, 0.3) is 0 Å². The zero-order chi connectivity index (χ0) is 11.8. The van der Waals surface area contributed by atoms with Crippen molar-refractivity contribution in [3.8, 4) is 0 Å². The van der Waals surface area contributed by atoms with E-state index in [4.69, 9.17) is 0 Å². The van der Waals surface area contributed by atoms with Gasteiger partial charge in [-0.15, -0.1) is 0 Å². The lowest BCUT2D eigenvalue weighted by Crippen LogP contribution is -2.37. The minimum absolute atomic E-state index is 0.0233. The summed E-state index contributed by atoms with van der Waals surface area (Å²) in [5, 5.41) is 3.80. The van der Waals surface area contributed by atoms with Crippen molar-refractivity contribution in [1.29, 1.82) is 0 Å². The zero-order valence-electron chi connectivity index (χ0n) is 9.45. The molecule has 0 bridgehead atoms. The quantitative estimate of drug-likeness (QED) is 0.829. The third-order valence-electron chi connectivity index (χ3n) is 2.26. The molecule has 0 aliphatic carbocycles. The van der Waals surface area contributed by atoms with Crippen LogP contribution in [0, 0.1) is 0 Å². The molecule has 0 heterocycles. The van der Waals surface area contributed by atoms with Crippen molar-refractivity contribution in [2.45, 2.75) is 13.0 Å². The Morgan fingerprint density at radius 3 is 2.69 bits per heavy atom. The Hall–Kier alpha value is -1.03. The van der Waals surface area contributed by atoms with Crippen LogP contribution < -0.4 is 5.32 Å². The summed E-state index contributed by atoms with van der Waals surface area (Å²) in [6.45, 7) is 1.35. The molecule has 4 heteroatoms. The van der Waals surface area contributed by atoms with Gasteiger partial charge in [0.1, 0.15) is 0 Å². The predicted octanol–water partition coefficient (Wildman–Crippen LogP) is 2.61. The van der Waals surface area contributed by atoms with Gasteiger partial charge in [0.15, 0.2) is 0 Å². The second-order valence-electron chi connectivity index (χ2n) is 3.61. The largest absolute Gasteiger partial charge is 0.334 e. The molecule has 0 aliphatic heterocycles. The number of nitrogens with zero attached hydrogens (tertiary/aromatic N) is 1. The second-order valence-corrected chi connectivity index (χ2v) is 4.40. The third-order valence-corrected chi connectivity index (χ3v) is 2.82. The minimum Gasteiger partial charge on any atom is -0.334 e. The molecule has 1 aromatic rings. The highest BCUT2D eigenvalue weighted by Gasteiger charge is 2.06. The molecule has 1 N–H and O–H groups in total. The molecule has 16 heavy (non-hydrogen) atoms. The van der Waals surface area contributed by atoms with Crippen molar-refractivity contribution in [2.24, 2.45) is 0 Å². The summed E-state index contributed by atoms with van der Waals surface area (Å²) < 4.78 is 0. The highest BCUT2D eigenvalue weighted by molar-refractivity contribution is 9.09. The number of amides is 2. The number of benzene rings is 1. The lowest BCUT2D eigenvalue weighted by atomic mass is 10.2. The molecule has 0 aliphatic rings. The third kappa shape index (κ3) is 4.66. The molecule has 0 unspecified atom stereocenters. The molecule has 0 saturated heterocycles. The van der Waals surface area contributed by atoms with Crippen LogP contribution in [0.5, 0.6) is 0 Å². The van der Waals surface area contributed by atoms with Gasteiger partial charge in [0.2, 0.25) is 0 Å². The average Bonchev–Trinajstić information content (AvgIpc) is 2.34. The van der Waals surface area contributed by atoms with E-state index < -0.39 is 0 Å². The lowest BCUT2D eigenvalue weighted by molar-refractivity contribution is 0.208. The maximum atomic E-state index is 11.6. The van der Waals surface area contributed by atoms with E-state index in [2.05, 4.69) is 21.2 Å². The Morgan fingerprint density at radius 2 is 2.06 bits per heavy atom. The maximum absolute atomic E-state index is 11.6. The Labute approximate surface area is 105 Å². The van der Waals surface area contributed by atoms with Crippen molar-refractivity contribution >= 4 is 22.0 Å². The van der Waals surface area contributed by atoms with Crippen molar-refractivity contribution in [2.75, 3.05) is 18.9 Å². The minimum atomic E-state index is -0.0233. The number of hydrogen-bond donors (Lipinski definition) is 1. The predicted molar refractivity (Wildman–Crippen MR) is 69.7 cm³/mol. The molecule has 88 valence electrons. The van der Waals surface area contributed by atoms with E-state index in [1.165, 1.54) is 0 Å². The fourth-order valence-corrected chi connectivity index (χ4v) is 1.56. The van der Waals surface area contributed by atoms with E-state index in [9.17, 15) is 4.79 Å². The van der Waals surface area contributed by atoms with Crippen LogP contribution in [0.1, 0.15) is 12.0 Å². The van der Waals surface area contributed by atoms with E-state index >= 15 is 0 Å². The summed E-state index contributed by atoms with van der Waals surface area (Å²) in [5.74, 6) is 0. The van der Waals surface area contributed by atoms with Crippen LogP contribution in [0.3, 0.4) is 0 Å². The average molecular weight is 285 g/mol. The monoisotopic (exact) mass is 284 g/mol. The molecule has 0 atom stereocenters. The van der Waals surface area contributed by atoms with Crippen LogP contribution >= 0.6 is 15.9 Å². The molecule has 2 amide bonds. The number of nitrogens with one attached hydrogen (secondary N) is 1. The Kier molecular flexibility index (Phi) is 5.93. The molecule has 0 spiro atoms. The molecule has 1 rings (SSSR count). The lowest BCUT2D eigenvalue weighted by Gasteiger charge is -2.17. The fraction of sp³-hybridized carbons (Fsp3) is 0.417. The topological polar surface area (TPSA) is 32.3 Å². The van der Waals surface area contributed by atoms with Crippen molar-refractivity contribution in [3.05, 3.63) is 35.9 Å². The summed E-state index contributed by atoms with van der Waals surface area (Å²) >= 11 is 3.34. The number of urea groups is 1. The molecular weight excluding hydrogens is 268 g/mol. The Balaban J connectivity index is 2.29. The highest BCUT2D eigenvalue weighted by Crippen LogP contribution is 1.98. The summed E-state index contributed by atoms with van der Waals surface area (Å²) in [4.78, 5) is 13.3. The van der Waals surface area contributed by atoms with E-state index in [-0.39, 0.29) is 6.03 Å². The van der Waals surface area contributed by atoms with Gasteiger partial charge >= 0.3 is 6.03 Å². The second kappa shape index (κ2) is 7.28. The van der Waals surface area contributed by atoms with Crippen LogP contribution in [-0.4, -0.2) is 29.9 Å². The first kappa shape index (κ1) is 13.0. The fourth-order valence-electron chi connectivity index (χ4n) is 1.31. The van der Waals surface area contributed by atoms with Gasteiger partial charge in [0.05, 0.1) is 0 Å². The normalized spacial score (nSPS) is 9.88. The number of carbonyl (C=O) groups excluding carboxylic acids is 1. The highest BCUT2D eigenvalue weighted by atomic mass is 79.9. The van der Waals surface area contributed by atoms with Gasteiger partial charge in [-0.05, 0) is 12.0 Å². The van der Waals surface area contributed by atoms with Crippen LogP contribution in [-0.2, 0) is 6.54 Å².